The first kappa shape index (κ1) is 14.3. The van der Waals surface area contributed by atoms with Gasteiger partial charge < -0.3 is 15.4 Å². The lowest BCUT2D eigenvalue weighted by Crippen LogP contribution is -2.30. The van der Waals surface area contributed by atoms with Crippen LogP contribution in [0.2, 0.25) is 0 Å². The van der Waals surface area contributed by atoms with Crippen molar-refractivity contribution in [2.45, 2.75) is 38.3 Å². The van der Waals surface area contributed by atoms with Gasteiger partial charge in [0, 0.05) is 19.1 Å². The lowest BCUT2D eigenvalue weighted by molar-refractivity contribution is -0.123. The Morgan fingerprint density at radius 3 is 2.76 bits per heavy atom. The molecule has 0 heterocycles. The molecule has 0 aliphatic heterocycles. The Bertz CT molecular complexity index is 513. The molecule has 4 nitrogen and oxygen atoms in total. The second kappa shape index (κ2) is 6.43. The summed E-state index contributed by atoms with van der Waals surface area (Å²) in [5.41, 5.74) is 0.893. The van der Waals surface area contributed by atoms with Gasteiger partial charge in [-0.3, -0.25) is 4.79 Å². The molecule has 0 aromatic heterocycles. The molecule has 2 N–H and O–H groups in total. The monoisotopic (exact) mass is 292 g/mol. The summed E-state index contributed by atoms with van der Waals surface area (Å²) in [4.78, 5) is 11.5. The molecule has 2 saturated carbocycles. The molecular weight excluding hydrogens is 271 g/mol. The van der Waals surface area contributed by atoms with E-state index in [9.17, 15) is 9.18 Å². The van der Waals surface area contributed by atoms with E-state index in [4.69, 9.17) is 4.74 Å². The number of carbonyl (C=O) groups is 1. The molecule has 0 atom stereocenters. The summed E-state index contributed by atoms with van der Waals surface area (Å²) in [6, 6.07) is 5.48. The van der Waals surface area contributed by atoms with Crippen LogP contribution in [0.4, 0.5) is 4.39 Å². The van der Waals surface area contributed by atoms with Gasteiger partial charge in [0.15, 0.2) is 18.2 Å². The highest BCUT2D eigenvalue weighted by atomic mass is 19.1. The molecule has 0 spiro atoms. The van der Waals surface area contributed by atoms with Gasteiger partial charge in [-0.2, -0.15) is 0 Å². The maximum atomic E-state index is 13.9. The lowest BCUT2D eigenvalue weighted by Gasteiger charge is -2.09. The van der Waals surface area contributed by atoms with E-state index in [1.165, 1.54) is 31.7 Å². The summed E-state index contributed by atoms with van der Waals surface area (Å²) in [5, 5.41) is 6.12. The molecule has 2 aliphatic rings. The van der Waals surface area contributed by atoms with E-state index >= 15 is 0 Å². The fourth-order valence-corrected chi connectivity index (χ4v) is 2.10. The molecule has 1 aromatic carbocycles. The molecule has 0 saturated heterocycles. The van der Waals surface area contributed by atoms with Crippen molar-refractivity contribution in [2.75, 3.05) is 13.2 Å². The first-order chi connectivity index (χ1) is 10.2. The minimum atomic E-state index is -0.417. The summed E-state index contributed by atoms with van der Waals surface area (Å²) < 4.78 is 19.1. The van der Waals surface area contributed by atoms with Crippen LogP contribution in [0.1, 0.15) is 31.2 Å². The number of hydrogen-bond acceptors (Lipinski definition) is 3. The van der Waals surface area contributed by atoms with Crippen LogP contribution in [-0.2, 0) is 11.3 Å². The van der Waals surface area contributed by atoms with Gasteiger partial charge in [0.25, 0.3) is 5.91 Å². The van der Waals surface area contributed by atoms with Crippen LogP contribution in [0.5, 0.6) is 5.75 Å². The number of hydrogen-bond donors (Lipinski definition) is 2. The molecule has 1 amide bonds. The summed E-state index contributed by atoms with van der Waals surface area (Å²) >= 11 is 0. The van der Waals surface area contributed by atoms with Gasteiger partial charge in [0.2, 0.25) is 0 Å². The van der Waals surface area contributed by atoms with Gasteiger partial charge in [-0.15, -0.1) is 0 Å². The summed E-state index contributed by atoms with van der Waals surface area (Å²) in [5.74, 6) is 0.150. The van der Waals surface area contributed by atoms with Gasteiger partial charge in [0.1, 0.15) is 0 Å². The minimum Gasteiger partial charge on any atom is -0.481 e. The Morgan fingerprint density at radius 2 is 2.10 bits per heavy atom. The summed E-state index contributed by atoms with van der Waals surface area (Å²) in [6.07, 6.45) is 4.79. The van der Waals surface area contributed by atoms with E-state index in [0.717, 1.165) is 5.56 Å². The van der Waals surface area contributed by atoms with E-state index < -0.39 is 5.82 Å². The molecule has 0 unspecified atom stereocenters. The van der Waals surface area contributed by atoms with Crippen LogP contribution in [0.25, 0.3) is 0 Å². The van der Waals surface area contributed by atoms with Gasteiger partial charge >= 0.3 is 0 Å². The number of ether oxygens (including phenoxy) is 1. The molecule has 0 bridgehead atoms. The second-order valence-electron chi connectivity index (χ2n) is 5.96. The average molecular weight is 292 g/mol. The van der Waals surface area contributed by atoms with E-state index in [2.05, 4.69) is 10.6 Å². The van der Waals surface area contributed by atoms with Crippen molar-refractivity contribution in [1.82, 2.24) is 10.6 Å². The van der Waals surface area contributed by atoms with Gasteiger partial charge in [-0.25, -0.2) is 4.39 Å². The zero-order valence-corrected chi connectivity index (χ0v) is 12.0. The van der Waals surface area contributed by atoms with Crippen LogP contribution in [0, 0.1) is 11.7 Å². The van der Waals surface area contributed by atoms with Gasteiger partial charge in [0.05, 0.1) is 0 Å². The number of nitrogens with one attached hydrogen (secondary N) is 2. The van der Waals surface area contributed by atoms with Gasteiger partial charge in [-0.1, -0.05) is 6.07 Å². The van der Waals surface area contributed by atoms with Crippen LogP contribution in [0.3, 0.4) is 0 Å². The maximum absolute atomic E-state index is 13.9. The third-order valence-corrected chi connectivity index (χ3v) is 3.81. The normalized spacial score (nSPS) is 17.6. The molecular formula is C16H21FN2O2. The third kappa shape index (κ3) is 4.70. The molecule has 3 rings (SSSR count). The second-order valence-corrected chi connectivity index (χ2v) is 5.96. The largest absolute Gasteiger partial charge is 0.481 e. The van der Waals surface area contributed by atoms with E-state index in [1.807, 2.05) is 6.07 Å². The first-order valence-electron chi connectivity index (χ1n) is 7.62. The highest BCUT2D eigenvalue weighted by molar-refractivity contribution is 5.77. The van der Waals surface area contributed by atoms with Crippen molar-refractivity contribution in [3.8, 4) is 5.75 Å². The van der Waals surface area contributed by atoms with Crippen molar-refractivity contribution in [3.63, 3.8) is 0 Å². The van der Waals surface area contributed by atoms with Crippen molar-refractivity contribution >= 4 is 5.91 Å². The van der Waals surface area contributed by atoms with Crippen LogP contribution in [-0.4, -0.2) is 25.1 Å². The fourth-order valence-electron chi connectivity index (χ4n) is 2.10. The lowest BCUT2D eigenvalue weighted by atomic mass is 10.2. The van der Waals surface area contributed by atoms with Crippen LogP contribution >= 0.6 is 0 Å². The van der Waals surface area contributed by atoms with Crippen LogP contribution in [0.15, 0.2) is 18.2 Å². The molecule has 5 heteroatoms. The van der Waals surface area contributed by atoms with Crippen molar-refractivity contribution in [3.05, 3.63) is 29.6 Å². The Hall–Kier alpha value is -1.62. The average Bonchev–Trinajstić information content (AvgIpc) is 3.36. The fraction of sp³-hybridized carbons (Fsp3) is 0.562. The predicted molar refractivity (Wildman–Crippen MR) is 77.5 cm³/mol. The molecule has 0 radical (unpaired) electrons. The Kier molecular flexibility index (Phi) is 4.39. The number of halogens is 1. The van der Waals surface area contributed by atoms with Gasteiger partial charge in [-0.05, 0) is 49.3 Å². The standard InChI is InChI=1S/C16H21FN2O2/c17-14-7-12(9-18-13-4-5-13)3-6-15(14)21-10-16(20)19-8-11-1-2-11/h3,6-7,11,13,18H,1-2,4-5,8-10H2,(H,19,20). The molecule has 114 valence electrons. The van der Waals surface area contributed by atoms with Crippen molar-refractivity contribution in [2.24, 2.45) is 5.92 Å². The van der Waals surface area contributed by atoms with E-state index in [-0.39, 0.29) is 18.3 Å². The van der Waals surface area contributed by atoms with E-state index in [1.54, 1.807) is 6.07 Å². The maximum Gasteiger partial charge on any atom is 0.257 e. The highest BCUT2D eigenvalue weighted by Gasteiger charge is 2.22. The first-order valence-corrected chi connectivity index (χ1v) is 7.62. The van der Waals surface area contributed by atoms with E-state index in [0.29, 0.717) is 25.0 Å². The minimum absolute atomic E-state index is 0.131. The smallest absolute Gasteiger partial charge is 0.257 e. The summed E-state index contributed by atoms with van der Waals surface area (Å²) in [7, 11) is 0. The highest BCUT2D eigenvalue weighted by Crippen LogP contribution is 2.27. The number of rotatable bonds is 8. The summed E-state index contributed by atoms with van der Waals surface area (Å²) in [6.45, 7) is 1.24. The zero-order chi connectivity index (χ0) is 14.7. The third-order valence-electron chi connectivity index (χ3n) is 3.81. The molecule has 21 heavy (non-hydrogen) atoms. The molecule has 2 aliphatic carbocycles. The quantitative estimate of drug-likeness (QED) is 0.770. The number of carbonyl (C=O) groups excluding carboxylic acids is 1. The van der Waals surface area contributed by atoms with Crippen molar-refractivity contribution < 1.29 is 13.9 Å². The Morgan fingerprint density at radius 1 is 1.29 bits per heavy atom. The Labute approximate surface area is 124 Å². The number of benzene rings is 1. The predicted octanol–water partition coefficient (Wildman–Crippen LogP) is 1.98. The zero-order valence-electron chi connectivity index (χ0n) is 12.0. The molecule has 1 aromatic rings. The number of amides is 1. The SMILES string of the molecule is O=C(COc1ccc(CNC2CC2)cc1F)NCC1CC1. The Balaban J connectivity index is 1.44. The topological polar surface area (TPSA) is 50.4 Å². The molecule has 2 fully saturated rings. The van der Waals surface area contributed by atoms with Crippen LogP contribution < -0.4 is 15.4 Å². The van der Waals surface area contributed by atoms with Crippen molar-refractivity contribution in [1.29, 1.82) is 0 Å².